The van der Waals surface area contributed by atoms with Gasteiger partial charge in [0.05, 0.1) is 5.54 Å². The lowest BCUT2D eigenvalue weighted by atomic mass is 9.98. The van der Waals surface area contributed by atoms with Gasteiger partial charge >= 0.3 is 0 Å². The third kappa shape index (κ3) is 4.17. The fourth-order valence-corrected chi connectivity index (χ4v) is 3.51. The molecular formula is C17H26N2O2S. The smallest absolute Gasteiger partial charge is 0.244 e. The van der Waals surface area contributed by atoms with Crippen LogP contribution in [-0.2, 0) is 21.3 Å². The van der Waals surface area contributed by atoms with Crippen LogP contribution in [0.5, 0.6) is 0 Å². The summed E-state index contributed by atoms with van der Waals surface area (Å²) in [4.78, 5) is 12.3. The molecule has 0 heterocycles. The van der Waals surface area contributed by atoms with Gasteiger partial charge in [0.1, 0.15) is 0 Å². The summed E-state index contributed by atoms with van der Waals surface area (Å²) in [6, 6.07) is 7.55. The first-order valence-electron chi connectivity index (χ1n) is 7.78. The molecule has 4 nitrogen and oxygen atoms in total. The van der Waals surface area contributed by atoms with Gasteiger partial charge in [0.25, 0.3) is 0 Å². The minimum Gasteiger partial charge on any atom is -0.324 e. The number of nitrogens with two attached hydrogens (primary N) is 1. The molecule has 1 fully saturated rings. The molecule has 1 aliphatic rings. The molecule has 1 atom stereocenters. The summed E-state index contributed by atoms with van der Waals surface area (Å²) in [5.41, 5.74) is 7.12. The zero-order chi connectivity index (χ0) is 16.4. The molecule has 0 saturated heterocycles. The first-order valence-corrected chi connectivity index (χ1v) is 9.10. The molecule has 1 amide bonds. The summed E-state index contributed by atoms with van der Waals surface area (Å²) in [6.07, 6.45) is 3.50. The second kappa shape index (κ2) is 6.50. The van der Waals surface area contributed by atoms with Gasteiger partial charge in [0, 0.05) is 27.0 Å². The monoisotopic (exact) mass is 322 g/mol. The quantitative estimate of drug-likeness (QED) is 0.895. The van der Waals surface area contributed by atoms with Gasteiger partial charge in [-0.1, -0.05) is 25.0 Å². The van der Waals surface area contributed by atoms with E-state index >= 15 is 0 Å². The van der Waals surface area contributed by atoms with Crippen LogP contribution < -0.4 is 11.1 Å². The van der Waals surface area contributed by atoms with Crippen LogP contribution in [0, 0.1) is 0 Å². The maximum absolute atomic E-state index is 12.3. The van der Waals surface area contributed by atoms with Crippen LogP contribution in [0.2, 0.25) is 0 Å². The topological polar surface area (TPSA) is 72.2 Å². The second-order valence-corrected chi connectivity index (χ2v) is 9.32. The summed E-state index contributed by atoms with van der Waals surface area (Å²) >= 11 is 0. The number of carbonyl (C=O) groups excluding carboxylic acids is 1. The molecule has 1 saturated carbocycles. The Morgan fingerprint density at radius 1 is 1.32 bits per heavy atom. The van der Waals surface area contributed by atoms with Crippen molar-refractivity contribution in [2.24, 2.45) is 5.73 Å². The maximum atomic E-state index is 12.3. The maximum Gasteiger partial charge on any atom is 0.244 e. The van der Waals surface area contributed by atoms with Crippen LogP contribution >= 0.6 is 0 Å². The van der Waals surface area contributed by atoms with Crippen LogP contribution in [0.15, 0.2) is 24.3 Å². The van der Waals surface area contributed by atoms with Gasteiger partial charge in [-0.3, -0.25) is 9.00 Å². The summed E-state index contributed by atoms with van der Waals surface area (Å²) < 4.78 is 12.0. The van der Waals surface area contributed by atoms with Gasteiger partial charge in [0.15, 0.2) is 0 Å². The molecule has 0 radical (unpaired) electrons. The lowest BCUT2D eigenvalue weighted by Crippen LogP contribution is -2.48. The lowest BCUT2D eigenvalue weighted by molar-refractivity contribution is -0.121. The molecule has 1 aliphatic carbocycles. The first kappa shape index (κ1) is 17.2. The highest BCUT2D eigenvalue weighted by Crippen LogP contribution is 2.28. The average molecular weight is 322 g/mol. The van der Waals surface area contributed by atoms with Gasteiger partial charge in [-0.25, -0.2) is 0 Å². The Morgan fingerprint density at radius 2 is 1.95 bits per heavy atom. The molecule has 1 aromatic carbocycles. The van der Waals surface area contributed by atoms with E-state index in [2.05, 4.69) is 5.32 Å². The molecule has 3 N–H and O–H groups in total. The van der Waals surface area contributed by atoms with Crippen molar-refractivity contribution in [2.75, 3.05) is 5.32 Å². The molecular weight excluding hydrogens is 296 g/mol. The molecule has 1 aromatic rings. The number of rotatable bonds is 4. The van der Waals surface area contributed by atoms with Gasteiger partial charge in [-0.05, 0) is 51.3 Å². The Bertz CT molecular complexity index is 572. The summed E-state index contributed by atoms with van der Waals surface area (Å²) in [7, 11) is -0.957. The second-order valence-electron chi connectivity index (χ2n) is 7.12. The Kier molecular flexibility index (Phi) is 5.07. The molecule has 0 bridgehead atoms. The van der Waals surface area contributed by atoms with Crippen molar-refractivity contribution in [2.45, 2.75) is 62.5 Å². The van der Waals surface area contributed by atoms with Crippen molar-refractivity contribution in [1.29, 1.82) is 0 Å². The van der Waals surface area contributed by atoms with Crippen molar-refractivity contribution < 1.29 is 9.00 Å². The van der Waals surface area contributed by atoms with Gasteiger partial charge < -0.3 is 11.1 Å². The molecule has 2 rings (SSSR count). The highest BCUT2D eigenvalue weighted by atomic mass is 32.2. The van der Waals surface area contributed by atoms with Crippen molar-refractivity contribution in [3.63, 3.8) is 0 Å². The van der Waals surface area contributed by atoms with Crippen LogP contribution in [-0.4, -0.2) is 20.4 Å². The van der Waals surface area contributed by atoms with E-state index in [4.69, 9.17) is 5.73 Å². The molecule has 22 heavy (non-hydrogen) atoms. The van der Waals surface area contributed by atoms with Gasteiger partial charge in [0.2, 0.25) is 5.91 Å². The molecule has 1 unspecified atom stereocenters. The van der Waals surface area contributed by atoms with Crippen LogP contribution in [0.25, 0.3) is 0 Å². The minimum absolute atomic E-state index is 0.112. The summed E-state index contributed by atoms with van der Waals surface area (Å²) in [5.74, 6) is 0.375. The van der Waals surface area contributed by atoms with E-state index in [0.717, 1.165) is 36.9 Å². The number of anilines is 1. The van der Waals surface area contributed by atoms with Crippen LogP contribution in [0.1, 0.15) is 52.0 Å². The van der Waals surface area contributed by atoms with Crippen molar-refractivity contribution in [3.05, 3.63) is 29.8 Å². The predicted molar refractivity (Wildman–Crippen MR) is 92.1 cm³/mol. The number of hydrogen-bond acceptors (Lipinski definition) is 3. The van der Waals surface area contributed by atoms with Crippen molar-refractivity contribution in [1.82, 2.24) is 0 Å². The lowest BCUT2D eigenvalue weighted by Gasteiger charge is -2.22. The van der Waals surface area contributed by atoms with E-state index in [1.807, 2.05) is 45.0 Å². The molecule has 5 heteroatoms. The number of amides is 1. The number of nitrogens with one attached hydrogen (secondary N) is 1. The van der Waals surface area contributed by atoms with Crippen LogP contribution in [0.3, 0.4) is 0 Å². The SMILES string of the molecule is CC(C)(C)S(=O)Cc1cccc(NC(=O)C2(N)CCCC2)c1. The summed E-state index contributed by atoms with van der Waals surface area (Å²) in [6.45, 7) is 5.90. The van der Waals surface area contributed by atoms with Gasteiger partial charge in [-0.15, -0.1) is 0 Å². The Morgan fingerprint density at radius 3 is 2.55 bits per heavy atom. The molecule has 0 aliphatic heterocycles. The standard InChI is InChI=1S/C17H26N2O2S/c1-16(2,3)22(21)12-13-7-6-8-14(11-13)19-15(20)17(18)9-4-5-10-17/h6-8,11H,4-5,9-10,12,18H2,1-3H3,(H,19,20). The van der Waals surface area contributed by atoms with E-state index in [0.29, 0.717) is 5.75 Å². The minimum atomic E-state index is -0.957. The highest BCUT2D eigenvalue weighted by Gasteiger charge is 2.36. The third-order valence-electron chi connectivity index (χ3n) is 4.11. The van der Waals surface area contributed by atoms with E-state index in [1.54, 1.807) is 0 Å². The average Bonchev–Trinajstić information content (AvgIpc) is 2.86. The zero-order valence-electron chi connectivity index (χ0n) is 13.6. The fraction of sp³-hybridized carbons (Fsp3) is 0.588. The van der Waals surface area contributed by atoms with E-state index in [-0.39, 0.29) is 10.7 Å². The molecule has 0 aromatic heterocycles. The highest BCUT2D eigenvalue weighted by molar-refractivity contribution is 7.85. The molecule has 0 spiro atoms. The van der Waals surface area contributed by atoms with Crippen molar-refractivity contribution >= 4 is 22.4 Å². The Hall–Kier alpha value is -1.20. The van der Waals surface area contributed by atoms with Crippen LogP contribution in [0.4, 0.5) is 5.69 Å². The summed E-state index contributed by atoms with van der Waals surface area (Å²) in [5, 5.41) is 2.91. The fourth-order valence-electron chi connectivity index (χ4n) is 2.60. The van der Waals surface area contributed by atoms with E-state index in [9.17, 15) is 9.00 Å². The van der Waals surface area contributed by atoms with Crippen molar-refractivity contribution in [3.8, 4) is 0 Å². The first-order chi connectivity index (χ1) is 10.2. The third-order valence-corrected chi connectivity index (χ3v) is 6.08. The molecule has 122 valence electrons. The zero-order valence-corrected chi connectivity index (χ0v) is 14.5. The Labute approximate surface area is 135 Å². The van der Waals surface area contributed by atoms with E-state index < -0.39 is 16.3 Å². The number of carbonyl (C=O) groups is 1. The number of hydrogen-bond donors (Lipinski definition) is 2. The van der Waals surface area contributed by atoms with E-state index in [1.165, 1.54) is 0 Å². The largest absolute Gasteiger partial charge is 0.324 e. The van der Waals surface area contributed by atoms with Gasteiger partial charge in [-0.2, -0.15) is 0 Å². The number of benzene rings is 1. The Balaban J connectivity index is 2.05. The normalized spacial score (nSPS) is 18.9. The predicted octanol–water partition coefficient (Wildman–Crippen LogP) is 2.94.